The van der Waals surface area contributed by atoms with E-state index in [9.17, 15) is 9.59 Å². The lowest BCUT2D eigenvalue weighted by Gasteiger charge is -2.34. The molecule has 3 N–H and O–H groups in total. The van der Waals surface area contributed by atoms with Gasteiger partial charge < -0.3 is 30.0 Å². The summed E-state index contributed by atoms with van der Waals surface area (Å²) in [7, 11) is 1.45. The molecule has 61 heavy (non-hydrogen) atoms. The fourth-order valence-electron chi connectivity index (χ4n) is 9.39. The van der Waals surface area contributed by atoms with Crippen LogP contribution in [0.3, 0.4) is 0 Å². The molecule has 1 aliphatic heterocycles. The minimum atomic E-state index is -0.327. The number of halogens is 1. The molecule has 1 unspecified atom stereocenters. The highest BCUT2D eigenvalue weighted by atomic mass is 35.5. The molecule has 13 nitrogen and oxygen atoms in total. The van der Waals surface area contributed by atoms with Gasteiger partial charge in [-0.25, -0.2) is 9.78 Å². The lowest BCUT2D eigenvalue weighted by molar-refractivity contribution is 0.0888. The Labute approximate surface area is 362 Å². The monoisotopic (exact) mass is 843 g/mol. The van der Waals surface area contributed by atoms with Crippen molar-refractivity contribution in [2.24, 2.45) is 5.92 Å². The normalized spacial score (nSPS) is 21.3. The number of nitriles is 1. The fraction of sp³-hybridized carbons (Fsp3) is 0.447. The van der Waals surface area contributed by atoms with E-state index in [4.69, 9.17) is 31.3 Å². The summed E-state index contributed by atoms with van der Waals surface area (Å²) in [5.41, 5.74) is 6.14. The smallest absolute Gasteiger partial charge is 0.414 e. The Morgan fingerprint density at radius 1 is 0.951 bits per heavy atom. The number of amides is 2. The SMILES string of the molecule is COC(=O)N1c2ccc3c(nc(Cc4ccccc4)n3[C@H]3CCC[C@H](CNCCNc4ccc(C(=O)NC5CCC(Oc6ccc(C#N)c(Cl)c6)CC5)nn4)C3)c2CCC1C. The molecule has 2 aromatic heterocycles. The van der Waals surface area contributed by atoms with Crippen LogP contribution in [0.25, 0.3) is 11.0 Å². The van der Waals surface area contributed by atoms with Gasteiger partial charge in [0, 0.05) is 49.3 Å². The van der Waals surface area contributed by atoms with E-state index in [1.807, 2.05) is 0 Å². The molecule has 3 aliphatic rings. The van der Waals surface area contributed by atoms with Gasteiger partial charge in [0.1, 0.15) is 23.5 Å². The Hall–Kier alpha value is -5.71. The van der Waals surface area contributed by atoms with Crippen molar-refractivity contribution in [1.29, 1.82) is 5.26 Å². The van der Waals surface area contributed by atoms with Crippen LogP contribution in [0, 0.1) is 17.2 Å². The van der Waals surface area contributed by atoms with Crippen molar-refractivity contribution in [2.45, 2.75) is 102 Å². The van der Waals surface area contributed by atoms with Gasteiger partial charge in [-0.2, -0.15) is 5.26 Å². The first kappa shape index (κ1) is 42.0. The van der Waals surface area contributed by atoms with Gasteiger partial charge in [0.05, 0.1) is 40.5 Å². The van der Waals surface area contributed by atoms with E-state index in [0.717, 1.165) is 105 Å². The number of rotatable bonds is 13. The maximum Gasteiger partial charge on any atom is 0.414 e. The van der Waals surface area contributed by atoms with Crippen LogP contribution in [-0.2, 0) is 17.6 Å². The number of imidazole rings is 1. The van der Waals surface area contributed by atoms with Crippen molar-refractivity contribution in [1.82, 2.24) is 30.4 Å². The first-order valence-corrected chi connectivity index (χ1v) is 22.0. The van der Waals surface area contributed by atoms with E-state index in [-0.39, 0.29) is 35.9 Å². The number of methoxy groups -OCH3 is 1. The average Bonchev–Trinajstić information content (AvgIpc) is 3.65. The Morgan fingerprint density at radius 3 is 2.54 bits per heavy atom. The minimum absolute atomic E-state index is 0.0252. The van der Waals surface area contributed by atoms with Crippen molar-refractivity contribution < 1.29 is 19.1 Å². The number of aromatic nitrogens is 4. The predicted octanol–water partition coefficient (Wildman–Crippen LogP) is 8.40. The maximum absolute atomic E-state index is 13.0. The Kier molecular flexibility index (Phi) is 13.3. The third kappa shape index (κ3) is 9.77. The number of carbonyl (C=O) groups is 2. The number of ether oxygens (including phenoxy) is 2. The third-order valence-corrected chi connectivity index (χ3v) is 12.8. The lowest BCUT2D eigenvalue weighted by Crippen LogP contribution is -2.42. The molecule has 0 radical (unpaired) electrons. The summed E-state index contributed by atoms with van der Waals surface area (Å²) in [4.78, 5) is 33.0. The maximum atomic E-state index is 13.0. The molecular formula is C47H54ClN9O4. The van der Waals surface area contributed by atoms with E-state index < -0.39 is 0 Å². The van der Waals surface area contributed by atoms with Crippen LogP contribution < -0.4 is 25.6 Å². The quantitative estimate of drug-likeness (QED) is 0.0983. The van der Waals surface area contributed by atoms with Crippen LogP contribution in [0.5, 0.6) is 5.75 Å². The van der Waals surface area contributed by atoms with Crippen LogP contribution >= 0.6 is 11.6 Å². The highest BCUT2D eigenvalue weighted by Crippen LogP contribution is 2.41. The van der Waals surface area contributed by atoms with E-state index >= 15 is 0 Å². The molecule has 14 heteroatoms. The largest absolute Gasteiger partial charge is 0.490 e. The van der Waals surface area contributed by atoms with Gasteiger partial charge in [0.2, 0.25) is 0 Å². The number of nitrogens with zero attached hydrogens (tertiary/aromatic N) is 6. The number of fused-ring (bicyclic) bond motifs is 3. The molecular weight excluding hydrogens is 790 g/mol. The van der Waals surface area contributed by atoms with Gasteiger partial charge in [-0.15, -0.1) is 10.2 Å². The molecule has 3 heterocycles. The van der Waals surface area contributed by atoms with Crippen molar-refractivity contribution in [2.75, 3.05) is 37.0 Å². The summed E-state index contributed by atoms with van der Waals surface area (Å²) in [5, 5.41) is 28.1. The Bertz CT molecular complexity index is 2360. The van der Waals surface area contributed by atoms with E-state index in [2.05, 4.69) is 86.2 Å². The number of carbonyl (C=O) groups excluding carboxylic acids is 2. The van der Waals surface area contributed by atoms with Crippen LogP contribution in [0.2, 0.25) is 5.02 Å². The second kappa shape index (κ2) is 19.3. The topological polar surface area (TPSA) is 159 Å². The first-order valence-electron chi connectivity index (χ1n) is 21.7. The van der Waals surface area contributed by atoms with Crippen LogP contribution in [-0.4, -0.2) is 76.7 Å². The first-order chi connectivity index (χ1) is 29.8. The number of anilines is 2. The standard InChI is InChI=1S/C47H54ClN9O4/c1-30-11-18-38-41(56(30)47(59)60-2)20-21-42-45(38)53-44(26-31-7-4-3-5-8-31)57(42)35-10-6-9-32(25-35)29-50-23-24-51-43-22-19-40(54-55-43)46(58)52-34-13-16-36(17-14-34)61-37-15-12-33(28-49)39(48)27-37/h3-5,7-8,12,15,19-22,27,30,32,34-36,50H,6,9-11,13-14,16-18,23-26,29H2,1-2H3,(H,51,55)(H,52,58)/t30?,32-,34?,35-,36?/m0/s1. The van der Waals surface area contributed by atoms with Gasteiger partial charge in [-0.1, -0.05) is 48.4 Å². The third-order valence-electron chi connectivity index (χ3n) is 12.5. The van der Waals surface area contributed by atoms with Gasteiger partial charge in [0.15, 0.2) is 5.69 Å². The fourth-order valence-corrected chi connectivity index (χ4v) is 9.60. The van der Waals surface area contributed by atoms with Gasteiger partial charge in [-0.3, -0.25) is 9.69 Å². The zero-order valence-corrected chi connectivity index (χ0v) is 35.7. The number of hydrogen-bond acceptors (Lipinski definition) is 10. The van der Waals surface area contributed by atoms with E-state index in [0.29, 0.717) is 40.7 Å². The Balaban J connectivity index is 0.818. The van der Waals surface area contributed by atoms with E-state index in [1.165, 1.54) is 19.1 Å². The molecule has 0 bridgehead atoms. The van der Waals surface area contributed by atoms with E-state index in [1.54, 1.807) is 35.2 Å². The summed E-state index contributed by atoms with van der Waals surface area (Å²) in [6, 6.07) is 25.9. The summed E-state index contributed by atoms with van der Waals surface area (Å²) in [6.07, 6.45) is 9.85. The number of hydrogen-bond donors (Lipinski definition) is 3. The highest BCUT2D eigenvalue weighted by molar-refractivity contribution is 6.31. The molecule has 5 aromatic rings. The molecule has 2 aliphatic carbocycles. The summed E-state index contributed by atoms with van der Waals surface area (Å²) in [6.45, 7) is 4.44. The van der Waals surface area contributed by atoms with Crippen molar-refractivity contribution in [3.63, 3.8) is 0 Å². The summed E-state index contributed by atoms with van der Waals surface area (Å²) < 4.78 is 13.8. The van der Waals surface area contributed by atoms with Crippen LogP contribution in [0.15, 0.2) is 72.8 Å². The molecule has 318 valence electrons. The van der Waals surface area contributed by atoms with Gasteiger partial charge >= 0.3 is 6.09 Å². The lowest BCUT2D eigenvalue weighted by atomic mass is 9.85. The van der Waals surface area contributed by atoms with Crippen molar-refractivity contribution in [3.8, 4) is 11.8 Å². The zero-order chi connectivity index (χ0) is 42.3. The van der Waals surface area contributed by atoms with Crippen LogP contribution in [0.1, 0.15) is 104 Å². The minimum Gasteiger partial charge on any atom is -0.490 e. The van der Waals surface area contributed by atoms with Gasteiger partial charge in [0.25, 0.3) is 5.91 Å². The number of benzene rings is 3. The van der Waals surface area contributed by atoms with Gasteiger partial charge in [-0.05, 0) is 119 Å². The molecule has 3 aromatic carbocycles. The second-order valence-electron chi connectivity index (χ2n) is 16.7. The number of aryl methyl sites for hydroxylation is 1. The average molecular weight is 844 g/mol. The zero-order valence-electron chi connectivity index (χ0n) is 34.9. The molecule has 2 amide bonds. The Morgan fingerprint density at radius 2 is 1.79 bits per heavy atom. The molecule has 0 spiro atoms. The molecule has 0 saturated heterocycles. The predicted molar refractivity (Wildman–Crippen MR) is 236 cm³/mol. The summed E-state index contributed by atoms with van der Waals surface area (Å²) in [5.74, 6) is 2.64. The van der Waals surface area contributed by atoms with Crippen molar-refractivity contribution in [3.05, 3.63) is 106 Å². The highest BCUT2D eigenvalue weighted by Gasteiger charge is 2.33. The molecule has 2 saturated carbocycles. The van der Waals surface area contributed by atoms with Crippen LogP contribution in [0.4, 0.5) is 16.3 Å². The molecule has 2 fully saturated rings. The number of nitrogens with one attached hydrogen (secondary N) is 3. The van der Waals surface area contributed by atoms with Crippen molar-refractivity contribution >= 4 is 46.1 Å². The molecule has 3 atom stereocenters. The summed E-state index contributed by atoms with van der Waals surface area (Å²) >= 11 is 6.16. The second-order valence-corrected chi connectivity index (χ2v) is 17.1. The molecule has 8 rings (SSSR count).